The van der Waals surface area contributed by atoms with Crippen LogP contribution in [0.3, 0.4) is 0 Å². The first-order valence-corrected chi connectivity index (χ1v) is 15.2. The summed E-state index contributed by atoms with van der Waals surface area (Å²) in [6.45, 7) is 7.78. The van der Waals surface area contributed by atoms with E-state index in [1.165, 1.54) is 4.88 Å². The first-order valence-electron chi connectivity index (χ1n) is 12.7. The Balaban J connectivity index is 0.000000559. The van der Waals surface area contributed by atoms with E-state index in [0.717, 1.165) is 47.0 Å². The second-order valence-electron chi connectivity index (χ2n) is 9.77. The number of nitrogens with zero attached hydrogens (tertiary/aromatic N) is 1. The molecule has 1 aliphatic heterocycles. The number of hydrogen-bond acceptors (Lipinski definition) is 6. The number of benzene rings is 1. The predicted molar refractivity (Wildman–Crippen MR) is 149 cm³/mol. The summed E-state index contributed by atoms with van der Waals surface area (Å²) < 4.78 is 57.8. The van der Waals surface area contributed by atoms with Crippen molar-refractivity contribution in [2.24, 2.45) is 5.73 Å². The molecule has 1 aromatic carbocycles. The number of aromatic nitrogens is 1. The van der Waals surface area contributed by atoms with Crippen LogP contribution in [0, 0.1) is 0 Å². The highest BCUT2D eigenvalue weighted by molar-refractivity contribution is 7.89. The average Bonchev–Trinajstić information content (AvgIpc) is 3.54. The maximum Gasteiger partial charge on any atom is 0.490 e. The van der Waals surface area contributed by atoms with Crippen LogP contribution in [-0.2, 0) is 21.4 Å². The van der Waals surface area contributed by atoms with Gasteiger partial charge in [-0.2, -0.15) is 13.2 Å². The Morgan fingerprint density at radius 1 is 1.20 bits per heavy atom. The van der Waals surface area contributed by atoms with Gasteiger partial charge in [0.2, 0.25) is 10.0 Å². The second kappa shape index (κ2) is 12.7. The number of amides is 1. The molecule has 0 atom stereocenters. The van der Waals surface area contributed by atoms with Crippen molar-refractivity contribution in [3.05, 3.63) is 45.8 Å². The maximum atomic E-state index is 12.3. The summed E-state index contributed by atoms with van der Waals surface area (Å²) >= 11 is 1.70. The Morgan fingerprint density at radius 2 is 1.82 bits per heavy atom. The zero-order valence-electron chi connectivity index (χ0n) is 22.3. The van der Waals surface area contributed by atoms with Crippen LogP contribution in [0.1, 0.15) is 60.3 Å². The van der Waals surface area contributed by atoms with Crippen molar-refractivity contribution in [1.29, 1.82) is 0 Å². The summed E-state index contributed by atoms with van der Waals surface area (Å²) in [5.74, 6) is -2.86. The second-order valence-corrected chi connectivity index (χ2v) is 13.0. The van der Waals surface area contributed by atoms with Crippen LogP contribution >= 0.6 is 11.3 Å². The van der Waals surface area contributed by atoms with Crippen LogP contribution in [-0.4, -0.2) is 65.8 Å². The molecule has 1 aliphatic rings. The molecular formula is C26H33F3N4O5S2. The number of primary amides is 1. The van der Waals surface area contributed by atoms with Crippen molar-refractivity contribution < 1.29 is 36.3 Å². The number of thiophene rings is 1. The number of sulfonamides is 1. The smallest absolute Gasteiger partial charge is 0.475 e. The molecule has 1 amide bonds. The minimum absolute atomic E-state index is 0.130. The molecule has 0 saturated carbocycles. The van der Waals surface area contributed by atoms with Gasteiger partial charge in [0.05, 0.1) is 16.8 Å². The molecule has 220 valence electrons. The molecule has 3 heterocycles. The molecule has 0 spiro atoms. The van der Waals surface area contributed by atoms with Crippen molar-refractivity contribution in [1.82, 2.24) is 14.6 Å². The maximum absolute atomic E-state index is 12.3. The number of carboxylic acid groups (broad SMARTS) is 1. The van der Waals surface area contributed by atoms with Crippen LogP contribution in [0.25, 0.3) is 22.0 Å². The minimum Gasteiger partial charge on any atom is -0.475 e. The Bertz CT molecular complexity index is 1460. The Kier molecular flexibility index (Phi) is 10.0. The molecule has 0 bridgehead atoms. The van der Waals surface area contributed by atoms with Gasteiger partial charge in [-0.15, -0.1) is 11.3 Å². The van der Waals surface area contributed by atoms with Gasteiger partial charge in [-0.1, -0.05) is 13.8 Å². The van der Waals surface area contributed by atoms with E-state index in [0.29, 0.717) is 24.7 Å². The molecule has 0 aliphatic carbocycles. The third-order valence-corrected chi connectivity index (χ3v) is 9.47. The van der Waals surface area contributed by atoms with E-state index in [9.17, 15) is 26.4 Å². The van der Waals surface area contributed by atoms with Gasteiger partial charge in [0.1, 0.15) is 0 Å². The van der Waals surface area contributed by atoms with Gasteiger partial charge in [-0.25, -0.2) is 17.5 Å². The van der Waals surface area contributed by atoms with Gasteiger partial charge in [-0.05, 0) is 66.0 Å². The predicted octanol–water partition coefficient (Wildman–Crippen LogP) is 4.66. The van der Waals surface area contributed by atoms with Crippen molar-refractivity contribution in [3.63, 3.8) is 0 Å². The highest BCUT2D eigenvalue weighted by Gasteiger charge is 2.38. The minimum atomic E-state index is -5.08. The standard InChI is InChI=1S/C24H32N4O3S2.C2HF3O2/c1-4-33(30,31)28-7-5-16(6-8-28)22-13-27-23-20(22)10-17(11-21(23)24(25)29)18-9-19(32-14-18)12-26-15(2)3;3-2(4,5)1(6)7/h9-11,13-16,26-27H,4-8,12H2,1-3H3,(H2,25,29);(H,6,7). The van der Waals surface area contributed by atoms with Gasteiger partial charge >= 0.3 is 12.1 Å². The average molecular weight is 603 g/mol. The number of aromatic amines is 1. The number of halogens is 3. The Hall–Kier alpha value is -2.94. The van der Waals surface area contributed by atoms with Crippen LogP contribution < -0.4 is 11.1 Å². The third kappa shape index (κ3) is 7.62. The van der Waals surface area contributed by atoms with Gasteiger partial charge in [0, 0.05) is 42.1 Å². The number of piperidine rings is 1. The van der Waals surface area contributed by atoms with E-state index in [1.54, 1.807) is 22.6 Å². The highest BCUT2D eigenvalue weighted by atomic mass is 32.2. The summed E-state index contributed by atoms with van der Waals surface area (Å²) in [5.41, 5.74) is 10.1. The Labute approximate surface area is 234 Å². The molecule has 40 heavy (non-hydrogen) atoms. The molecule has 5 N–H and O–H groups in total. The number of hydrogen-bond donors (Lipinski definition) is 4. The SMILES string of the molecule is CCS(=O)(=O)N1CCC(c2c[nH]c3c(C(N)=O)cc(-c4csc(CNC(C)C)c4)cc23)CC1.O=C(O)C(F)(F)F. The fourth-order valence-electron chi connectivity index (χ4n) is 4.51. The van der Waals surface area contributed by atoms with E-state index >= 15 is 0 Å². The molecule has 4 rings (SSSR count). The number of aliphatic carboxylic acids is 1. The Morgan fingerprint density at radius 3 is 2.35 bits per heavy atom. The van der Waals surface area contributed by atoms with Gasteiger partial charge in [-0.3, -0.25) is 4.79 Å². The zero-order chi connectivity index (χ0) is 29.8. The summed E-state index contributed by atoms with van der Waals surface area (Å²) in [6.07, 6.45) is -1.61. The molecule has 3 aromatic rings. The summed E-state index contributed by atoms with van der Waals surface area (Å²) in [4.78, 5) is 25.7. The number of carboxylic acids is 1. The van der Waals surface area contributed by atoms with E-state index in [-0.39, 0.29) is 11.7 Å². The van der Waals surface area contributed by atoms with Crippen molar-refractivity contribution >= 4 is 44.1 Å². The van der Waals surface area contributed by atoms with E-state index < -0.39 is 28.1 Å². The fourth-order valence-corrected chi connectivity index (χ4v) is 6.49. The summed E-state index contributed by atoms with van der Waals surface area (Å²) in [5, 5.41) is 13.7. The molecule has 0 radical (unpaired) electrons. The first kappa shape index (κ1) is 31.6. The summed E-state index contributed by atoms with van der Waals surface area (Å²) in [7, 11) is -3.16. The topological polar surface area (TPSA) is 146 Å². The number of carbonyl (C=O) groups is 2. The largest absolute Gasteiger partial charge is 0.490 e. The van der Waals surface area contributed by atoms with Gasteiger partial charge < -0.3 is 21.1 Å². The van der Waals surface area contributed by atoms with Gasteiger partial charge in [0.25, 0.3) is 5.91 Å². The van der Waals surface area contributed by atoms with Crippen molar-refractivity contribution in [2.45, 2.75) is 58.3 Å². The van der Waals surface area contributed by atoms with E-state index in [1.807, 2.05) is 12.3 Å². The number of H-pyrrole nitrogens is 1. The number of carbonyl (C=O) groups excluding carboxylic acids is 1. The first-order chi connectivity index (χ1) is 18.6. The quantitative estimate of drug-likeness (QED) is 0.295. The number of rotatable bonds is 8. The van der Waals surface area contributed by atoms with Crippen LogP contribution in [0.5, 0.6) is 0 Å². The molecule has 14 heteroatoms. The van der Waals surface area contributed by atoms with Crippen LogP contribution in [0.15, 0.2) is 29.8 Å². The van der Waals surface area contributed by atoms with Gasteiger partial charge in [0.15, 0.2) is 0 Å². The third-order valence-electron chi connectivity index (χ3n) is 6.65. The molecular weight excluding hydrogens is 569 g/mol. The summed E-state index contributed by atoms with van der Waals surface area (Å²) in [6, 6.07) is 6.56. The van der Waals surface area contributed by atoms with E-state index in [2.05, 4.69) is 41.7 Å². The zero-order valence-corrected chi connectivity index (χ0v) is 24.0. The number of alkyl halides is 3. The molecule has 0 unspecified atom stereocenters. The lowest BCUT2D eigenvalue weighted by molar-refractivity contribution is -0.192. The highest BCUT2D eigenvalue weighted by Crippen LogP contribution is 2.38. The molecule has 1 fully saturated rings. The number of nitrogens with one attached hydrogen (secondary N) is 2. The lowest BCUT2D eigenvalue weighted by Crippen LogP contribution is -2.38. The van der Waals surface area contributed by atoms with Crippen LogP contribution in [0.2, 0.25) is 0 Å². The number of fused-ring (bicyclic) bond motifs is 1. The van der Waals surface area contributed by atoms with Crippen molar-refractivity contribution in [3.8, 4) is 11.1 Å². The molecule has 1 saturated heterocycles. The van der Waals surface area contributed by atoms with E-state index in [4.69, 9.17) is 15.6 Å². The van der Waals surface area contributed by atoms with Crippen LogP contribution in [0.4, 0.5) is 13.2 Å². The lowest BCUT2D eigenvalue weighted by atomic mass is 9.88. The fraction of sp³-hybridized carbons (Fsp3) is 0.462. The molecule has 9 nitrogen and oxygen atoms in total. The van der Waals surface area contributed by atoms with Crippen molar-refractivity contribution in [2.75, 3.05) is 18.8 Å². The lowest BCUT2D eigenvalue weighted by Gasteiger charge is -2.31. The molecule has 2 aromatic heterocycles. The monoisotopic (exact) mass is 602 g/mol. The normalized spacial score (nSPS) is 15.3. The number of nitrogens with two attached hydrogens (primary N) is 1.